The number of hydrogen-bond donors (Lipinski definition) is 0. The minimum absolute atomic E-state index is 0.255. The number of halogens is 4. The van der Waals surface area contributed by atoms with Gasteiger partial charge in [-0.1, -0.05) is 50.2 Å². The van der Waals surface area contributed by atoms with E-state index < -0.39 is 25.2 Å². The third kappa shape index (κ3) is 7.40. The fraction of sp³-hybridized carbons (Fsp3) is 0.226. The summed E-state index contributed by atoms with van der Waals surface area (Å²) in [5, 5.41) is 6.16. The molecule has 0 aliphatic rings. The van der Waals surface area contributed by atoms with Gasteiger partial charge in [0.25, 0.3) is 0 Å². The quantitative estimate of drug-likeness (QED) is 0.164. The van der Waals surface area contributed by atoms with Crippen molar-refractivity contribution in [3.63, 3.8) is 0 Å². The van der Waals surface area contributed by atoms with Crippen LogP contribution >= 0.6 is 11.3 Å². The third-order valence-corrected chi connectivity index (χ3v) is 7.31. The molecule has 3 aromatic carbocycles. The summed E-state index contributed by atoms with van der Waals surface area (Å²) in [5.41, 5.74) is 4.44. The maximum Gasteiger partial charge on any atom is 0.573 e. The van der Waals surface area contributed by atoms with Gasteiger partial charge in [-0.05, 0) is 59.9 Å². The molecule has 2 heterocycles. The van der Waals surface area contributed by atoms with Crippen LogP contribution in [-0.2, 0) is 4.74 Å². The number of alkyl halides is 4. The van der Waals surface area contributed by atoms with Crippen molar-refractivity contribution in [1.82, 2.24) is 19.3 Å². The first kappa shape index (κ1) is 30.7. The van der Waals surface area contributed by atoms with E-state index in [1.807, 2.05) is 35.2 Å². The number of amides is 1. The Hall–Kier alpha value is -4.78. The van der Waals surface area contributed by atoms with E-state index in [-0.39, 0.29) is 17.2 Å². The van der Waals surface area contributed by atoms with E-state index in [4.69, 9.17) is 4.74 Å². The van der Waals surface area contributed by atoms with E-state index >= 15 is 0 Å². The van der Waals surface area contributed by atoms with Gasteiger partial charge in [-0.15, -0.1) is 34.6 Å². The molecule has 5 rings (SSSR count). The molecule has 0 radical (unpaired) electrons. The van der Waals surface area contributed by atoms with E-state index in [0.29, 0.717) is 21.9 Å². The molecule has 1 amide bonds. The lowest BCUT2D eigenvalue weighted by Gasteiger charge is -2.14. The maximum absolute atomic E-state index is 15.0. The summed E-state index contributed by atoms with van der Waals surface area (Å²) in [4.78, 5) is 21.2. The molecule has 8 nitrogen and oxygen atoms in total. The van der Waals surface area contributed by atoms with Crippen LogP contribution in [0.3, 0.4) is 0 Å². The molecule has 1 unspecified atom stereocenters. The predicted octanol–water partition coefficient (Wildman–Crippen LogP) is 7.87. The van der Waals surface area contributed by atoms with Gasteiger partial charge in [0.15, 0.2) is 12.0 Å². The van der Waals surface area contributed by atoms with Gasteiger partial charge in [-0.2, -0.15) is 0 Å². The van der Waals surface area contributed by atoms with Gasteiger partial charge in [0, 0.05) is 17.1 Å². The number of ether oxygens (including phenoxy) is 2. The molecule has 13 heteroatoms. The van der Waals surface area contributed by atoms with Crippen LogP contribution in [0, 0.1) is 6.92 Å². The van der Waals surface area contributed by atoms with Crippen molar-refractivity contribution >= 4 is 17.4 Å². The SMILES string of the molecule is Cc1ccc(C(C)C)c(-n2ccs/c2=N\C(=O)OCC(F)c2ccc(-c3ncn(-c4ccc(OC(F)(F)F)cc4)n3)cc2)c1. The van der Waals surface area contributed by atoms with Crippen molar-refractivity contribution in [3.8, 4) is 28.5 Å². The number of hydrogen-bond acceptors (Lipinski definition) is 6. The zero-order valence-electron chi connectivity index (χ0n) is 23.8. The van der Waals surface area contributed by atoms with Gasteiger partial charge in [0.2, 0.25) is 4.80 Å². The molecular formula is C31H27F4N5O3S. The van der Waals surface area contributed by atoms with Crippen LogP contribution in [0.25, 0.3) is 22.8 Å². The van der Waals surface area contributed by atoms with E-state index in [9.17, 15) is 22.4 Å². The van der Waals surface area contributed by atoms with Crippen LogP contribution in [-0.4, -0.2) is 38.4 Å². The number of carbonyl (C=O) groups is 1. The molecule has 1 atom stereocenters. The first-order chi connectivity index (χ1) is 21.0. The third-order valence-electron chi connectivity index (χ3n) is 6.55. The van der Waals surface area contributed by atoms with Crippen molar-refractivity contribution in [2.24, 2.45) is 4.99 Å². The zero-order valence-corrected chi connectivity index (χ0v) is 24.6. The van der Waals surface area contributed by atoms with E-state index in [2.05, 4.69) is 39.7 Å². The number of carbonyl (C=O) groups excluding carboxylic acids is 1. The number of aromatic nitrogens is 4. The van der Waals surface area contributed by atoms with Crippen LogP contribution in [0.2, 0.25) is 0 Å². The summed E-state index contributed by atoms with van der Waals surface area (Å²) < 4.78 is 64.4. The second kappa shape index (κ2) is 12.8. The summed E-state index contributed by atoms with van der Waals surface area (Å²) in [6, 6.07) is 17.6. The van der Waals surface area contributed by atoms with Gasteiger partial charge < -0.3 is 9.47 Å². The van der Waals surface area contributed by atoms with Crippen LogP contribution < -0.4 is 9.54 Å². The maximum atomic E-state index is 15.0. The predicted molar refractivity (Wildman–Crippen MR) is 157 cm³/mol. The molecule has 0 aliphatic heterocycles. The Labute approximate surface area is 253 Å². The average molecular weight is 626 g/mol. The molecule has 0 saturated carbocycles. The first-order valence-electron chi connectivity index (χ1n) is 13.5. The standard InChI is InChI=1S/C31H27F4N5O3S/c1-19(2)25-13-4-20(3)16-27(25)39-14-15-44-29(39)37-30(41)42-17-26(32)21-5-7-22(8-6-21)28-36-18-40(38-28)23-9-11-24(12-10-23)43-31(33,34)35/h4-16,18-19,26H,17H2,1-3H3/b37-29-. The van der Waals surface area contributed by atoms with Crippen molar-refractivity contribution in [2.45, 2.75) is 39.2 Å². The second-order valence-electron chi connectivity index (χ2n) is 10.1. The summed E-state index contributed by atoms with van der Waals surface area (Å²) in [7, 11) is 0. The summed E-state index contributed by atoms with van der Waals surface area (Å²) in [6.07, 6.45) is -4.03. The Morgan fingerprint density at radius 2 is 1.77 bits per heavy atom. The van der Waals surface area contributed by atoms with Crippen LogP contribution in [0.5, 0.6) is 5.75 Å². The largest absolute Gasteiger partial charge is 0.573 e. The minimum atomic E-state index is -4.78. The molecule has 0 saturated heterocycles. The second-order valence-corrected chi connectivity index (χ2v) is 11.0. The van der Waals surface area contributed by atoms with Crippen LogP contribution in [0.1, 0.15) is 42.6 Å². The molecule has 0 spiro atoms. The molecular weight excluding hydrogens is 598 g/mol. The van der Waals surface area contributed by atoms with Crippen molar-refractivity contribution < 1.29 is 31.8 Å². The fourth-order valence-electron chi connectivity index (χ4n) is 4.40. The van der Waals surface area contributed by atoms with Crippen LogP contribution in [0.4, 0.5) is 22.4 Å². The average Bonchev–Trinajstić information content (AvgIpc) is 3.66. The first-order valence-corrected chi connectivity index (χ1v) is 14.4. The molecule has 0 bridgehead atoms. The molecule has 2 aromatic heterocycles. The van der Waals surface area contributed by atoms with E-state index in [1.165, 1.54) is 58.7 Å². The normalized spacial score (nSPS) is 12.9. The van der Waals surface area contributed by atoms with Crippen molar-refractivity contribution in [3.05, 3.63) is 106 Å². The van der Waals surface area contributed by atoms with Gasteiger partial charge in [-0.3, -0.25) is 4.57 Å². The van der Waals surface area contributed by atoms with Crippen LogP contribution in [0.15, 0.2) is 89.6 Å². The number of aryl methyl sites for hydroxylation is 1. The minimum Gasteiger partial charge on any atom is -0.444 e. The van der Waals surface area contributed by atoms with Crippen molar-refractivity contribution in [1.29, 1.82) is 0 Å². The Morgan fingerprint density at radius 3 is 2.45 bits per heavy atom. The highest BCUT2D eigenvalue weighted by Crippen LogP contribution is 2.26. The number of nitrogens with zero attached hydrogens (tertiary/aromatic N) is 5. The molecule has 5 aromatic rings. The number of benzene rings is 3. The number of rotatable bonds is 8. The lowest BCUT2D eigenvalue weighted by molar-refractivity contribution is -0.274. The van der Waals surface area contributed by atoms with E-state index in [1.54, 1.807) is 12.1 Å². The summed E-state index contributed by atoms with van der Waals surface area (Å²) in [6.45, 7) is 5.65. The fourth-order valence-corrected chi connectivity index (χ4v) is 5.10. The van der Waals surface area contributed by atoms with Gasteiger partial charge >= 0.3 is 12.5 Å². The Balaban J connectivity index is 1.22. The molecule has 228 valence electrons. The summed E-state index contributed by atoms with van der Waals surface area (Å²) >= 11 is 1.27. The molecule has 0 aliphatic carbocycles. The van der Waals surface area contributed by atoms with Gasteiger partial charge in [0.1, 0.15) is 18.7 Å². The monoisotopic (exact) mass is 625 g/mol. The number of thiazole rings is 1. The topological polar surface area (TPSA) is 83.5 Å². The smallest absolute Gasteiger partial charge is 0.444 e. The highest BCUT2D eigenvalue weighted by Gasteiger charge is 2.31. The molecule has 0 N–H and O–H groups in total. The van der Waals surface area contributed by atoms with E-state index in [0.717, 1.165) is 16.8 Å². The lowest BCUT2D eigenvalue weighted by atomic mass is 9.99. The Kier molecular flexibility index (Phi) is 8.95. The Morgan fingerprint density at radius 1 is 1.05 bits per heavy atom. The molecule has 44 heavy (non-hydrogen) atoms. The molecule has 0 fully saturated rings. The Bertz CT molecular complexity index is 1810. The zero-order chi connectivity index (χ0) is 31.4. The van der Waals surface area contributed by atoms with Gasteiger partial charge in [0.05, 0.1) is 11.4 Å². The van der Waals surface area contributed by atoms with Gasteiger partial charge in [-0.25, -0.2) is 18.9 Å². The van der Waals surface area contributed by atoms with Crippen molar-refractivity contribution in [2.75, 3.05) is 6.61 Å². The summed E-state index contributed by atoms with van der Waals surface area (Å²) in [5.74, 6) is 0.228. The highest BCUT2D eigenvalue weighted by molar-refractivity contribution is 7.07. The lowest BCUT2D eigenvalue weighted by Crippen LogP contribution is -2.17. The highest BCUT2D eigenvalue weighted by atomic mass is 32.1.